The van der Waals surface area contributed by atoms with Gasteiger partial charge in [0.1, 0.15) is 12.1 Å². The molecule has 1 aliphatic carbocycles. The Kier molecular flexibility index (Phi) is 5.04. The lowest BCUT2D eigenvalue weighted by atomic mass is 9.73. The van der Waals surface area contributed by atoms with Gasteiger partial charge >= 0.3 is 6.03 Å². The summed E-state index contributed by atoms with van der Waals surface area (Å²) in [6.07, 6.45) is 6.47. The van der Waals surface area contributed by atoms with Crippen LogP contribution in [-0.4, -0.2) is 58.4 Å². The maximum atomic E-state index is 13.0. The first-order valence-corrected chi connectivity index (χ1v) is 9.56. The fraction of sp³-hybridized carbons (Fsp3) is 0.833. The minimum absolute atomic E-state index is 0.00965. The van der Waals surface area contributed by atoms with E-state index in [1.54, 1.807) is 4.90 Å². The number of rotatable bonds is 3. The fourth-order valence-corrected chi connectivity index (χ4v) is 4.68. The molecule has 2 aliphatic heterocycles. The van der Waals surface area contributed by atoms with Crippen molar-refractivity contribution in [1.82, 2.24) is 15.1 Å². The Bertz CT molecular complexity index is 565. The van der Waals surface area contributed by atoms with Gasteiger partial charge in [-0.3, -0.25) is 14.5 Å². The Morgan fingerprint density at radius 3 is 2.68 bits per heavy atom. The van der Waals surface area contributed by atoms with Crippen LogP contribution in [0.2, 0.25) is 0 Å². The molecule has 0 aromatic heterocycles. The van der Waals surface area contributed by atoms with Crippen molar-refractivity contribution in [3.63, 3.8) is 0 Å². The molecule has 3 N–H and O–H groups in total. The highest BCUT2D eigenvalue weighted by molar-refractivity contribution is 6.09. The molecule has 4 atom stereocenters. The van der Waals surface area contributed by atoms with Gasteiger partial charge in [0.05, 0.1) is 0 Å². The Balaban J connectivity index is 1.73. The molecule has 0 aromatic carbocycles. The summed E-state index contributed by atoms with van der Waals surface area (Å²) < 4.78 is 0. The van der Waals surface area contributed by atoms with Gasteiger partial charge in [0, 0.05) is 18.6 Å². The van der Waals surface area contributed by atoms with Gasteiger partial charge < -0.3 is 16.0 Å². The highest BCUT2D eigenvalue weighted by atomic mass is 16.2. The fourth-order valence-electron chi connectivity index (χ4n) is 4.68. The molecule has 0 radical (unpaired) electrons. The molecule has 25 heavy (non-hydrogen) atoms. The van der Waals surface area contributed by atoms with Crippen molar-refractivity contribution in [2.45, 2.75) is 76.4 Å². The summed E-state index contributed by atoms with van der Waals surface area (Å²) in [5.41, 5.74) is 5.23. The third-order valence-corrected chi connectivity index (χ3v) is 6.27. The molecule has 0 aromatic rings. The number of nitrogens with one attached hydrogen (secondary N) is 1. The molecule has 2 saturated heterocycles. The van der Waals surface area contributed by atoms with E-state index in [9.17, 15) is 14.4 Å². The second-order valence-corrected chi connectivity index (χ2v) is 7.95. The summed E-state index contributed by atoms with van der Waals surface area (Å²) in [7, 11) is 0. The van der Waals surface area contributed by atoms with Gasteiger partial charge in [0.25, 0.3) is 5.91 Å². The Hall–Kier alpha value is -1.63. The molecule has 3 fully saturated rings. The van der Waals surface area contributed by atoms with Gasteiger partial charge in [-0.1, -0.05) is 19.8 Å². The van der Waals surface area contributed by atoms with Crippen LogP contribution in [0.4, 0.5) is 4.79 Å². The minimum Gasteiger partial charge on any atom is -0.337 e. The lowest BCUT2D eigenvalue weighted by molar-refractivity contribution is -0.142. The Morgan fingerprint density at radius 1 is 1.28 bits per heavy atom. The number of carbonyl (C=O) groups is 3. The van der Waals surface area contributed by atoms with E-state index in [-0.39, 0.29) is 36.4 Å². The van der Waals surface area contributed by atoms with Gasteiger partial charge in [-0.2, -0.15) is 0 Å². The van der Waals surface area contributed by atoms with Crippen LogP contribution in [0.1, 0.15) is 58.8 Å². The number of hydrogen-bond donors (Lipinski definition) is 2. The number of piperidine rings is 1. The summed E-state index contributed by atoms with van der Waals surface area (Å²) in [6.45, 7) is 4.39. The van der Waals surface area contributed by atoms with Gasteiger partial charge in [0.15, 0.2) is 0 Å². The van der Waals surface area contributed by atoms with Crippen molar-refractivity contribution in [3.8, 4) is 0 Å². The SMILES string of the molecule is CC(N)C1CCCCN1C(=O)CN1C(=O)NC2(CCCCC2C)C1=O. The number of imide groups is 1. The largest absolute Gasteiger partial charge is 0.337 e. The number of carbonyl (C=O) groups excluding carboxylic acids is 3. The first kappa shape index (κ1) is 18.2. The predicted octanol–water partition coefficient (Wildman–Crippen LogP) is 1.22. The molecule has 2 heterocycles. The number of amides is 4. The predicted molar refractivity (Wildman–Crippen MR) is 93.6 cm³/mol. The summed E-state index contributed by atoms with van der Waals surface area (Å²) in [5, 5.41) is 2.90. The van der Waals surface area contributed by atoms with Crippen molar-refractivity contribution in [2.24, 2.45) is 11.7 Å². The zero-order chi connectivity index (χ0) is 18.2. The lowest BCUT2D eigenvalue weighted by Crippen LogP contribution is -2.56. The number of nitrogens with two attached hydrogens (primary N) is 1. The molecule has 4 unspecified atom stereocenters. The second kappa shape index (κ2) is 6.94. The highest BCUT2D eigenvalue weighted by Crippen LogP contribution is 2.38. The van der Waals surface area contributed by atoms with Crippen LogP contribution in [0.5, 0.6) is 0 Å². The molecular weight excluding hydrogens is 320 g/mol. The average molecular weight is 350 g/mol. The topological polar surface area (TPSA) is 95.7 Å². The third-order valence-electron chi connectivity index (χ3n) is 6.27. The van der Waals surface area contributed by atoms with Crippen LogP contribution in [-0.2, 0) is 9.59 Å². The van der Waals surface area contributed by atoms with Crippen molar-refractivity contribution in [1.29, 1.82) is 0 Å². The van der Waals surface area contributed by atoms with E-state index in [0.29, 0.717) is 13.0 Å². The van der Waals surface area contributed by atoms with Gasteiger partial charge in [-0.05, 0) is 44.9 Å². The van der Waals surface area contributed by atoms with Gasteiger partial charge in [-0.15, -0.1) is 0 Å². The third kappa shape index (κ3) is 3.14. The molecular formula is C18H30N4O3. The minimum atomic E-state index is -0.807. The Morgan fingerprint density at radius 2 is 2.00 bits per heavy atom. The van der Waals surface area contributed by atoms with E-state index in [4.69, 9.17) is 5.73 Å². The van der Waals surface area contributed by atoms with Gasteiger partial charge in [-0.25, -0.2) is 4.79 Å². The maximum Gasteiger partial charge on any atom is 0.325 e. The van der Waals surface area contributed by atoms with E-state index in [0.717, 1.165) is 43.4 Å². The van der Waals surface area contributed by atoms with Crippen LogP contribution in [0.15, 0.2) is 0 Å². The van der Waals surface area contributed by atoms with Crippen molar-refractivity contribution >= 4 is 17.8 Å². The molecule has 1 saturated carbocycles. The first-order valence-electron chi connectivity index (χ1n) is 9.56. The van der Waals surface area contributed by atoms with E-state index in [2.05, 4.69) is 5.32 Å². The number of urea groups is 1. The van der Waals surface area contributed by atoms with Crippen LogP contribution in [0.25, 0.3) is 0 Å². The standard InChI is InChI=1S/C18H30N4O3/c1-12-7-3-5-9-18(12)16(24)22(17(25)20-18)11-15(23)21-10-6-4-8-14(21)13(2)19/h12-14H,3-11,19H2,1-2H3,(H,20,25). The van der Waals surface area contributed by atoms with Crippen molar-refractivity contribution in [2.75, 3.05) is 13.1 Å². The lowest BCUT2D eigenvalue weighted by Gasteiger charge is -2.39. The molecule has 3 aliphatic rings. The Labute approximate surface area is 149 Å². The van der Waals surface area contributed by atoms with E-state index in [1.807, 2.05) is 13.8 Å². The first-order chi connectivity index (χ1) is 11.9. The average Bonchev–Trinajstić information content (AvgIpc) is 2.82. The van der Waals surface area contributed by atoms with E-state index < -0.39 is 11.6 Å². The summed E-state index contributed by atoms with van der Waals surface area (Å²) in [6, 6.07) is -0.553. The smallest absolute Gasteiger partial charge is 0.325 e. The van der Waals surface area contributed by atoms with Crippen LogP contribution in [0, 0.1) is 5.92 Å². The normalized spacial score (nSPS) is 34.4. The van der Waals surface area contributed by atoms with E-state index >= 15 is 0 Å². The number of hydrogen-bond acceptors (Lipinski definition) is 4. The molecule has 140 valence electrons. The molecule has 7 nitrogen and oxygen atoms in total. The monoisotopic (exact) mass is 350 g/mol. The summed E-state index contributed by atoms with van der Waals surface area (Å²) >= 11 is 0. The summed E-state index contributed by atoms with van der Waals surface area (Å²) in [4.78, 5) is 41.1. The zero-order valence-corrected chi connectivity index (χ0v) is 15.3. The van der Waals surface area contributed by atoms with Crippen LogP contribution >= 0.6 is 0 Å². The van der Waals surface area contributed by atoms with Gasteiger partial charge in [0.2, 0.25) is 5.91 Å². The molecule has 3 rings (SSSR count). The zero-order valence-electron chi connectivity index (χ0n) is 15.3. The van der Waals surface area contributed by atoms with Crippen LogP contribution < -0.4 is 11.1 Å². The van der Waals surface area contributed by atoms with Crippen molar-refractivity contribution in [3.05, 3.63) is 0 Å². The quantitative estimate of drug-likeness (QED) is 0.748. The highest BCUT2D eigenvalue weighted by Gasteiger charge is 2.55. The molecule has 1 spiro atoms. The van der Waals surface area contributed by atoms with Crippen LogP contribution in [0.3, 0.4) is 0 Å². The maximum absolute atomic E-state index is 13.0. The summed E-state index contributed by atoms with van der Waals surface area (Å²) in [5.74, 6) is -0.303. The molecule has 4 amide bonds. The molecule has 7 heteroatoms. The second-order valence-electron chi connectivity index (χ2n) is 7.95. The van der Waals surface area contributed by atoms with E-state index in [1.165, 1.54) is 0 Å². The number of nitrogens with zero attached hydrogens (tertiary/aromatic N) is 2. The number of likely N-dealkylation sites (tertiary alicyclic amines) is 1. The van der Waals surface area contributed by atoms with Crippen molar-refractivity contribution < 1.29 is 14.4 Å². The molecule has 0 bridgehead atoms.